The molecule has 7 heteroatoms. The van der Waals surface area contributed by atoms with E-state index in [0.29, 0.717) is 11.4 Å². The average molecular weight is 515 g/mol. The van der Waals surface area contributed by atoms with E-state index >= 15 is 0 Å². The van der Waals surface area contributed by atoms with Crippen molar-refractivity contribution in [3.63, 3.8) is 0 Å². The molecule has 2 N–H and O–H groups in total. The molecule has 0 saturated carbocycles. The Kier molecular flexibility index (Phi) is 8.94. The number of carbonyl (C=O) groups is 2. The van der Waals surface area contributed by atoms with Crippen molar-refractivity contribution in [2.24, 2.45) is 0 Å². The predicted molar refractivity (Wildman–Crippen MR) is 145 cm³/mol. The van der Waals surface area contributed by atoms with Gasteiger partial charge in [0.25, 0.3) is 5.91 Å². The number of amides is 2. The fourth-order valence-electron chi connectivity index (χ4n) is 3.73. The molecule has 37 heavy (non-hydrogen) atoms. The van der Waals surface area contributed by atoms with Gasteiger partial charge in [0.1, 0.15) is 17.6 Å². The summed E-state index contributed by atoms with van der Waals surface area (Å²) >= 11 is 1.67. The van der Waals surface area contributed by atoms with Crippen LogP contribution in [-0.2, 0) is 17.0 Å². The van der Waals surface area contributed by atoms with E-state index in [0.717, 1.165) is 16.2 Å². The first-order valence-corrected chi connectivity index (χ1v) is 12.8. The molecule has 4 aromatic rings. The summed E-state index contributed by atoms with van der Waals surface area (Å²) in [6, 6.07) is 29.5. The van der Waals surface area contributed by atoms with Crippen LogP contribution in [0, 0.1) is 5.82 Å². The third-order valence-corrected chi connectivity index (χ3v) is 6.76. The van der Waals surface area contributed by atoms with Gasteiger partial charge in [-0.05, 0) is 53.6 Å². The van der Waals surface area contributed by atoms with E-state index in [9.17, 15) is 14.0 Å². The summed E-state index contributed by atoms with van der Waals surface area (Å²) in [7, 11) is 1.55. The third kappa shape index (κ3) is 7.44. The lowest BCUT2D eigenvalue weighted by Gasteiger charge is -2.20. The summed E-state index contributed by atoms with van der Waals surface area (Å²) in [5.74, 6) is 0.0462. The summed E-state index contributed by atoms with van der Waals surface area (Å²) in [4.78, 5) is 27.2. The quantitative estimate of drug-likeness (QED) is 0.251. The van der Waals surface area contributed by atoms with E-state index in [1.807, 2.05) is 60.7 Å². The van der Waals surface area contributed by atoms with E-state index in [4.69, 9.17) is 4.74 Å². The van der Waals surface area contributed by atoms with Crippen molar-refractivity contribution in [3.05, 3.63) is 126 Å². The highest BCUT2D eigenvalue weighted by Crippen LogP contribution is 2.32. The van der Waals surface area contributed by atoms with Crippen LogP contribution in [0.1, 0.15) is 21.5 Å². The van der Waals surface area contributed by atoms with Gasteiger partial charge >= 0.3 is 0 Å². The zero-order chi connectivity index (χ0) is 26.0. The maximum Gasteiger partial charge on any atom is 0.251 e. The zero-order valence-electron chi connectivity index (χ0n) is 20.3. The van der Waals surface area contributed by atoms with Crippen LogP contribution in [0.25, 0.3) is 0 Å². The molecule has 1 atom stereocenters. The number of rotatable bonds is 10. The average Bonchev–Trinajstić information content (AvgIpc) is 2.93. The van der Waals surface area contributed by atoms with Crippen LogP contribution in [0.3, 0.4) is 0 Å². The summed E-state index contributed by atoms with van der Waals surface area (Å²) < 4.78 is 18.8. The number of carbonyl (C=O) groups excluding carboxylic acids is 2. The van der Waals surface area contributed by atoms with Crippen molar-refractivity contribution in [3.8, 4) is 5.75 Å². The first-order valence-electron chi connectivity index (χ1n) is 11.8. The number of nitrogens with one attached hydrogen (secondary N) is 2. The Hall–Kier alpha value is -4.10. The number of hydrogen-bond acceptors (Lipinski definition) is 4. The molecule has 4 aromatic carbocycles. The lowest BCUT2D eigenvalue weighted by molar-refractivity contribution is -0.118. The van der Waals surface area contributed by atoms with E-state index in [1.165, 1.54) is 29.8 Å². The minimum absolute atomic E-state index is 0.268. The van der Waals surface area contributed by atoms with Crippen molar-refractivity contribution >= 4 is 29.3 Å². The molecule has 0 aliphatic carbocycles. The highest BCUT2D eigenvalue weighted by atomic mass is 32.2. The van der Waals surface area contributed by atoms with Crippen LogP contribution < -0.4 is 15.4 Å². The second-order valence-corrected chi connectivity index (χ2v) is 9.40. The molecule has 5 nitrogen and oxygen atoms in total. The fourth-order valence-corrected chi connectivity index (χ4v) is 4.61. The largest absolute Gasteiger partial charge is 0.495 e. The predicted octanol–water partition coefficient (Wildman–Crippen LogP) is 6.11. The molecule has 188 valence electrons. The first-order chi connectivity index (χ1) is 18.0. The fraction of sp³-hybridized carbons (Fsp3) is 0.133. The molecule has 0 radical (unpaired) electrons. The second-order valence-electron chi connectivity index (χ2n) is 8.35. The van der Waals surface area contributed by atoms with Crippen LogP contribution in [0.4, 0.5) is 10.1 Å². The molecule has 2 amide bonds. The van der Waals surface area contributed by atoms with Crippen LogP contribution in [0.15, 0.2) is 108 Å². The Balaban J connectivity index is 1.49. The molecular formula is C30H27FN2O3S. The van der Waals surface area contributed by atoms with Crippen molar-refractivity contribution < 1.29 is 18.7 Å². The summed E-state index contributed by atoms with van der Waals surface area (Å²) in [6.45, 7) is 0. The highest BCUT2D eigenvalue weighted by molar-refractivity contribution is 7.98. The van der Waals surface area contributed by atoms with Gasteiger partial charge in [0, 0.05) is 22.6 Å². The number of thioether (sulfide) groups is 1. The molecule has 0 bridgehead atoms. The maximum atomic E-state index is 13.4. The summed E-state index contributed by atoms with van der Waals surface area (Å²) in [5, 5.41) is 5.69. The van der Waals surface area contributed by atoms with E-state index in [-0.39, 0.29) is 17.9 Å². The number of halogens is 1. The number of methoxy groups -OCH3 is 1. The van der Waals surface area contributed by atoms with E-state index < -0.39 is 17.8 Å². The van der Waals surface area contributed by atoms with Gasteiger partial charge in [-0.3, -0.25) is 9.59 Å². The minimum atomic E-state index is -0.864. The van der Waals surface area contributed by atoms with Crippen LogP contribution in [0.2, 0.25) is 0 Å². The second kappa shape index (κ2) is 12.7. The van der Waals surface area contributed by atoms with Gasteiger partial charge in [-0.2, -0.15) is 0 Å². The zero-order valence-corrected chi connectivity index (χ0v) is 21.1. The Morgan fingerprint density at radius 3 is 2.16 bits per heavy atom. The third-order valence-electron chi connectivity index (χ3n) is 5.69. The van der Waals surface area contributed by atoms with E-state index in [2.05, 4.69) is 22.8 Å². The maximum absolute atomic E-state index is 13.4. The van der Waals surface area contributed by atoms with Crippen LogP contribution in [-0.4, -0.2) is 25.0 Å². The molecule has 0 saturated heterocycles. The number of hydrogen-bond donors (Lipinski definition) is 2. The van der Waals surface area contributed by atoms with Gasteiger partial charge in [0.2, 0.25) is 5.91 Å². The lowest BCUT2D eigenvalue weighted by atomic mass is 10.0. The first kappa shape index (κ1) is 26.0. The van der Waals surface area contributed by atoms with Gasteiger partial charge in [-0.1, -0.05) is 60.7 Å². The van der Waals surface area contributed by atoms with Gasteiger partial charge in [0.05, 0.1) is 12.8 Å². The molecule has 0 aromatic heterocycles. The van der Waals surface area contributed by atoms with Gasteiger partial charge in [0.15, 0.2) is 0 Å². The normalized spacial score (nSPS) is 11.4. The SMILES string of the molecule is COc1cc(SCc2ccccc2)ccc1NC(=O)C(Cc1ccccc1)NC(=O)c1ccc(F)cc1. The molecule has 0 fully saturated rings. The topological polar surface area (TPSA) is 67.4 Å². The van der Waals surface area contributed by atoms with Gasteiger partial charge in [-0.15, -0.1) is 11.8 Å². The molecular weight excluding hydrogens is 487 g/mol. The van der Waals surface area contributed by atoms with Crippen molar-refractivity contribution in [1.29, 1.82) is 0 Å². The monoisotopic (exact) mass is 514 g/mol. The smallest absolute Gasteiger partial charge is 0.251 e. The van der Waals surface area contributed by atoms with Crippen molar-refractivity contribution in [1.82, 2.24) is 5.32 Å². The Bertz CT molecular complexity index is 1330. The van der Waals surface area contributed by atoms with Crippen LogP contribution in [0.5, 0.6) is 5.75 Å². The molecule has 0 spiro atoms. The molecule has 0 aliphatic rings. The molecule has 0 heterocycles. The molecule has 0 aliphatic heterocycles. The number of anilines is 1. The van der Waals surface area contributed by atoms with Gasteiger partial charge in [-0.25, -0.2) is 4.39 Å². The van der Waals surface area contributed by atoms with Crippen LogP contribution >= 0.6 is 11.8 Å². The summed E-state index contributed by atoms with van der Waals surface area (Å²) in [5.41, 5.74) is 2.88. The standard InChI is InChI=1S/C30H27FN2O3S/c1-36-28-19-25(37-20-22-10-6-3-7-11-22)16-17-26(28)32-30(35)27(18-21-8-4-2-5-9-21)33-29(34)23-12-14-24(31)15-13-23/h2-17,19,27H,18,20H2,1H3,(H,32,35)(H,33,34). The van der Waals surface area contributed by atoms with Crippen molar-refractivity contribution in [2.45, 2.75) is 23.1 Å². The van der Waals surface area contributed by atoms with E-state index in [1.54, 1.807) is 24.9 Å². The Morgan fingerprint density at radius 1 is 0.865 bits per heavy atom. The molecule has 1 unspecified atom stereocenters. The lowest BCUT2D eigenvalue weighted by Crippen LogP contribution is -2.45. The Labute approximate surface area is 220 Å². The van der Waals surface area contributed by atoms with Gasteiger partial charge < -0.3 is 15.4 Å². The number of benzene rings is 4. The number of ether oxygens (including phenoxy) is 1. The summed E-state index contributed by atoms with van der Waals surface area (Å²) in [6.07, 6.45) is 0.285. The minimum Gasteiger partial charge on any atom is -0.495 e. The molecule has 4 rings (SSSR count). The highest BCUT2D eigenvalue weighted by Gasteiger charge is 2.23. The van der Waals surface area contributed by atoms with Crippen molar-refractivity contribution in [2.75, 3.05) is 12.4 Å². The Morgan fingerprint density at radius 2 is 1.51 bits per heavy atom.